The fourth-order valence-electron chi connectivity index (χ4n) is 3.93. The number of alkyl carbamates (subject to hydrolysis) is 1. The van der Waals surface area contributed by atoms with E-state index in [4.69, 9.17) is 9.73 Å². The van der Waals surface area contributed by atoms with Crippen molar-refractivity contribution in [3.05, 3.63) is 46.5 Å². The molecule has 1 N–H and O–H groups in total. The normalized spacial score (nSPS) is 23.9. The van der Waals surface area contributed by atoms with Crippen LogP contribution in [-0.4, -0.2) is 31.5 Å². The topological polar surface area (TPSA) is 50.7 Å². The number of aryl methyl sites for hydroxylation is 1. The van der Waals surface area contributed by atoms with E-state index in [1.165, 1.54) is 28.0 Å². The van der Waals surface area contributed by atoms with Gasteiger partial charge in [0.1, 0.15) is 6.10 Å². The van der Waals surface area contributed by atoms with Crippen LogP contribution in [0.2, 0.25) is 0 Å². The highest BCUT2D eigenvalue weighted by Gasteiger charge is 2.29. The van der Waals surface area contributed by atoms with E-state index in [2.05, 4.69) is 43.4 Å². The van der Waals surface area contributed by atoms with Crippen molar-refractivity contribution in [2.45, 2.75) is 52.1 Å². The molecule has 1 amide bonds. The number of benzene rings is 1. The predicted molar refractivity (Wildman–Crippen MR) is 101 cm³/mol. The number of hydrogen-bond acceptors (Lipinski definition) is 3. The zero-order valence-electron chi connectivity index (χ0n) is 15.5. The van der Waals surface area contributed by atoms with Crippen molar-refractivity contribution >= 4 is 11.8 Å². The van der Waals surface area contributed by atoms with Crippen LogP contribution in [0.4, 0.5) is 4.79 Å². The number of nitrogens with one attached hydrogen (secondary N) is 1. The van der Waals surface area contributed by atoms with Crippen LogP contribution in [0.5, 0.6) is 0 Å². The van der Waals surface area contributed by atoms with Gasteiger partial charge in [-0.25, -0.2) is 4.79 Å². The van der Waals surface area contributed by atoms with Crippen LogP contribution in [-0.2, 0) is 4.74 Å². The van der Waals surface area contributed by atoms with Gasteiger partial charge < -0.3 is 10.1 Å². The molecule has 1 aromatic rings. The Hall–Kier alpha value is -2.10. The van der Waals surface area contributed by atoms with Gasteiger partial charge in [0.2, 0.25) is 0 Å². The van der Waals surface area contributed by atoms with Crippen molar-refractivity contribution in [2.24, 2.45) is 10.9 Å². The highest BCUT2D eigenvalue weighted by Crippen LogP contribution is 2.36. The van der Waals surface area contributed by atoms with Gasteiger partial charge >= 0.3 is 6.09 Å². The van der Waals surface area contributed by atoms with E-state index >= 15 is 0 Å². The molecule has 0 spiro atoms. The third-order valence-electron chi connectivity index (χ3n) is 5.37. The van der Waals surface area contributed by atoms with Crippen molar-refractivity contribution in [3.8, 4) is 0 Å². The Bertz CT molecular complexity index is 688. The second-order valence-electron chi connectivity index (χ2n) is 7.17. The van der Waals surface area contributed by atoms with E-state index in [0.717, 1.165) is 38.6 Å². The summed E-state index contributed by atoms with van der Waals surface area (Å²) in [6, 6.07) is 8.73. The Kier molecular flexibility index (Phi) is 5.57. The average Bonchev–Trinajstić information content (AvgIpc) is 2.59. The zero-order valence-corrected chi connectivity index (χ0v) is 15.5. The first-order valence-corrected chi connectivity index (χ1v) is 9.26. The summed E-state index contributed by atoms with van der Waals surface area (Å²) in [5.74, 6) is 0.414. The summed E-state index contributed by atoms with van der Waals surface area (Å²) < 4.78 is 5.51. The van der Waals surface area contributed by atoms with Gasteiger partial charge in [0.05, 0.1) is 6.54 Å². The van der Waals surface area contributed by atoms with Crippen molar-refractivity contribution in [1.82, 2.24) is 5.32 Å². The zero-order chi connectivity index (χ0) is 17.8. The molecule has 0 saturated heterocycles. The molecule has 1 aliphatic heterocycles. The minimum Gasteiger partial charge on any atom is -0.446 e. The summed E-state index contributed by atoms with van der Waals surface area (Å²) in [6.07, 6.45) is 4.64. The minimum absolute atomic E-state index is 0.0166. The molecule has 1 aromatic carbocycles. The third kappa shape index (κ3) is 4.12. The Labute approximate surface area is 150 Å². The van der Waals surface area contributed by atoms with Crippen LogP contribution in [0.1, 0.15) is 50.2 Å². The van der Waals surface area contributed by atoms with Crippen LogP contribution in [0.3, 0.4) is 0 Å². The number of hydrogen-bond donors (Lipinski definition) is 1. The average molecular weight is 340 g/mol. The van der Waals surface area contributed by atoms with Gasteiger partial charge in [0.25, 0.3) is 0 Å². The molecule has 2 atom stereocenters. The highest BCUT2D eigenvalue weighted by molar-refractivity contribution is 6.04. The second kappa shape index (κ2) is 7.85. The molecule has 4 heteroatoms. The van der Waals surface area contributed by atoms with Gasteiger partial charge in [0, 0.05) is 18.7 Å². The molecular formula is C21H28N2O2. The molecule has 0 radical (unpaired) electrons. The Morgan fingerprint density at radius 2 is 1.92 bits per heavy atom. The molecule has 25 heavy (non-hydrogen) atoms. The van der Waals surface area contributed by atoms with Crippen LogP contribution in [0.25, 0.3) is 0 Å². The monoisotopic (exact) mass is 340 g/mol. The van der Waals surface area contributed by atoms with Gasteiger partial charge in [-0.15, -0.1) is 0 Å². The van der Waals surface area contributed by atoms with Gasteiger partial charge in [-0.1, -0.05) is 41.0 Å². The molecule has 1 fully saturated rings. The molecule has 1 heterocycles. The molecular weight excluding hydrogens is 312 g/mol. The lowest BCUT2D eigenvalue weighted by atomic mass is 9.77. The van der Waals surface area contributed by atoms with E-state index in [-0.39, 0.29) is 12.2 Å². The molecule has 134 valence electrons. The summed E-state index contributed by atoms with van der Waals surface area (Å²) in [7, 11) is 1.61. The maximum atomic E-state index is 11.5. The number of carbonyl (C=O) groups is 1. The number of aliphatic imine (C=N–C) groups is 1. The van der Waals surface area contributed by atoms with Crippen LogP contribution >= 0.6 is 0 Å². The van der Waals surface area contributed by atoms with E-state index in [9.17, 15) is 4.79 Å². The second-order valence-corrected chi connectivity index (χ2v) is 7.17. The number of allylic oxidation sites excluding steroid dienone is 1. The van der Waals surface area contributed by atoms with Gasteiger partial charge in [-0.3, -0.25) is 4.99 Å². The predicted octanol–water partition coefficient (Wildman–Crippen LogP) is 4.42. The largest absolute Gasteiger partial charge is 0.446 e. The lowest BCUT2D eigenvalue weighted by Crippen LogP contribution is -2.30. The smallest absolute Gasteiger partial charge is 0.407 e. The Balaban J connectivity index is 1.77. The minimum atomic E-state index is -0.321. The van der Waals surface area contributed by atoms with Gasteiger partial charge in [0.15, 0.2) is 0 Å². The first kappa shape index (κ1) is 17.7. The SMILES string of the molecule is CNC(=O)OC1CCCC2C(c3ccc(C)cc3)=NCC(C)=C2CC1. The van der Waals surface area contributed by atoms with E-state index < -0.39 is 0 Å². The molecule has 2 aliphatic rings. The number of nitrogens with zero attached hydrogens (tertiary/aromatic N) is 1. The van der Waals surface area contributed by atoms with E-state index in [0.29, 0.717) is 5.92 Å². The first-order chi connectivity index (χ1) is 12.1. The summed E-state index contributed by atoms with van der Waals surface area (Å²) in [5, 5.41) is 2.55. The van der Waals surface area contributed by atoms with Crippen molar-refractivity contribution in [1.29, 1.82) is 0 Å². The maximum Gasteiger partial charge on any atom is 0.407 e. The molecule has 1 aliphatic carbocycles. The summed E-state index contributed by atoms with van der Waals surface area (Å²) in [5.41, 5.74) is 6.67. The number of ether oxygens (including phenoxy) is 1. The number of rotatable bonds is 2. The highest BCUT2D eigenvalue weighted by atomic mass is 16.6. The first-order valence-electron chi connectivity index (χ1n) is 9.26. The molecule has 3 rings (SSSR count). The fraction of sp³-hybridized carbons (Fsp3) is 0.524. The fourth-order valence-corrected chi connectivity index (χ4v) is 3.93. The maximum absolute atomic E-state index is 11.5. The summed E-state index contributed by atoms with van der Waals surface area (Å²) in [4.78, 5) is 16.4. The number of amides is 1. The molecule has 4 nitrogen and oxygen atoms in total. The van der Waals surface area contributed by atoms with Crippen LogP contribution < -0.4 is 5.32 Å². The van der Waals surface area contributed by atoms with Crippen LogP contribution in [0, 0.1) is 12.8 Å². The Morgan fingerprint density at radius 1 is 1.16 bits per heavy atom. The molecule has 0 bridgehead atoms. The molecule has 2 unspecified atom stereocenters. The number of carbonyl (C=O) groups excluding carboxylic acids is 1. The van der Waals surface area contributed by atoms with Crippen molar-refractivity contribution in [3.63, 3.8) is 0 Å². The molecule has 1 saturated carbocycles. The van der Waals surface area contributed by atoms with E-state index in [1.54, 1.807) is 7.05 Å². The lowest BCUT2D eigenvalue weighted by Gasteiger charge is -2.32. The lowest BCUT2D eigenvalue weighted by molar-refractivity contribution is 0.0851. The number of dihydropyridines is 1. The van der Waals surface area contributed by atoms with Crippen molar-refractivity contribution < 1.29 is 9.53 Å². The van der Waals surface area contributed by atoms with E-state index in [1.807, 2.05) is 0 Å². The van der Waals surface area contributed by atoms with Gasteiger partial charge in [-0.2, -0.15) is 0 Å². The summed E-state index contributed by atoms with van der Waals surface area (Å²) >= 11 is 0. The standard InChI is InChI=1S/C21H28N2O2/c1-14-7-9-16(10-8-14)20-19-6-4-5-17(25-21(24)22-3)11-12-18(19)15(2)13-23-20/h7-10,17,19H,4-6,11-13H2,1-3H3,(H,22,24). The quantitative estimate of drug-likeness (QED) is 0.810. The number of fused-ring (bicyclic) bond motifs is 1. The van der Waals surface area contributed by atoms with Gasteiger partial charge in [-0.05, 0) is 51.5 Å². The third-order valence-corrected chi connectivity index (χ3v) is 5.37. The Morgan fingerprint density at radius 3 is 2.64 bits per heavy atom. The summed E-state index contributed by atoms with van der Waals surface area (Å²) in [6.45, 7) is 5.11. The molecule has 0 aromatic heterocycles. The van der Waals surface area contributed by atoms with Crippen LogP contribution in [0.15, 0.2) is 40.4 Å². The van der Waals surface area contributed by atoms with Crippen molar-refractivity contribution in [2.75, 3.05) is 13.6 Å².